The second-order valence-corrected chi connectivity index (χ2v) is 10.0. The number of Topliss-reactive ketones (excluding diaryl/α,β-unsaturated/α-hetero) is 1. The number of imidazole rings is 1. The minimum atomic E-state index is -3.85. The number of hydrogen-bond acceptors (Lipinski definition) is 6. The summed E-state index contributed by atoms with van der Waals surface area (Å²) < 4.78 is 25.8. The van der Waals surface area contributed by atoms with Gasteiger partial charge in [-0.1, -0.05) is 54.6 Å². The molecule has 1 atom stereocenters. The summed E-state index contributed by atoms with van der Waals surface area (Å²) in [4.78, 5) is 17.9. The van der Waals surface area contributed by atoms with E-state index >= 15 is 0 Å². The Morgan fingerprint density at radius 3 is 2.54 bits per heavy atom. The van der Waals surface area contributed by atoms with Crippen LogP contribution in [0.2, 0.25) is 0 Å². The standard InChI is InChI=1S/C26H25N5O3S/c27-14-17-4-3-5-20(12-17)31-16-30-23-15-29-22(13-24(32)26(23)31)19-10-8-18(9-11-19)21-6-1-2-7-25(21)35(28,33)34/h1-12,16,22,29H,13-15,27H2,(H2,28,33,34). The SMILES string of the molecule is NCc1cccc(-n2cnc3c2C(=O)CC(c2ccc(-c4ccccc4S(N)(=O)=O)cc2)NC3)c1. The van der Waals surface area contributed by atoms with Gasteiger partial charge in [0.15, 0.2) is 5.78 Å². The summed E-state index contributed by atoms with van der Waals surface area (Å²) in [5, 5.41) is 8.82. The Morgan fingerprint density at radius 1 is 1.03 bits per heavy atom. The monoisotopic (exact) mass is 487 g/mol. The molecule has 2 heterocycles. The average molecular weight is 488 g/mol. The molecule has 3 aromatic carbocycles. The summed E-state index contributed by atoms with van der Waals surface area (Å²) in [6.07, 6.45) is 1.94. The fourth-order valence-electron chi connectivity index (χ4n) is 4.50. The highest BCUT2D eigenvalue weighted by Gasteiger charge is 2.28. The van der Waals surface area contributed by atoms with Crippen molar-refractivity contribution in [2.45, 2.75) is 30.4 Å². The van der Waals surface area contributed by atoms with Crippen molar-refractivity contribution in [1.29, 1.82) is 0 Å². The minimum absolute atomic E-state index is 0.00528. The van der Waals surface area contributed by atoms with Crippen LogP contribution in [0.3, 0.4) is 0 Å². The number of ketones is 1. The molecule has 1 aliphatic heterocycles. The molecule has 0 saturated carbocycles. The largest absolute Gasteiger partial charge is 0.326 e. The van der Waals surface area contributed by atoms with E-state index in [-0.39, 0.29) is 23.1 Å². The number of carbonyl (C=O) groups excluding carboxylic acids is 1. The van der Waals surface area contributed by atoms with Crippen LogP contribution < -0.4 is 16.2 Å². The first-order valence-corrected chi connectivity index (χ1v) is 12.7. The van der Waals surface area contributed by atoms with Gasteiger partial charge in [0, 0.05) is 36.8 Å². The Balaban J connectivity index is 1.42. The third-order valence-corrected chi connectivity index (χ3v) is 7.22. The molecule has 0 saturated heterocycles. The van der Waals surface area contributed by atoms with Crippen molar-refractivity contribution in [2.24, 2.45) is 10.9 Å². The molecule has 1 aromatic heterocycles. The van der Waals surface area contributed by atoms with Gasteiger partial charge in [0.1, 0.15) is 12.0 Å². The number of aromatic nitrogens is 2. The Morgan fingerprint density at radius 2 is 1.80 bits per heavy atom. The van der Waals surface area contributed by atoms with Gasteiger partial charge in [-0.15, -0.1) is 0 Å². The zero-order valence-corrected chi connectivity index (χ0v) is 19.7. The van der Waals surface area contributed by atoms with Crippen LogP contribution in [0.1, 0.15) is 39.8 Å². The summed E-state index contributed by atoms with van der Waals surface area (Å²) in [5.74, 6) is -0.00528. The van der Waals surface area contributed by atoms with E-state index in [9.17, 15) is 13.2 Å². The lowest BCUT2D eigenvalue weighted by Gasteiger charge is -2.17. The van der Waals surface area contributed by atoms with Crippen LogP contribution in [-0.2, 0) is 23.1 Å². The van der Waals surface area contributed by atoms with Crippen LogP contribution >= 0.6 is 0 Å². The van der Waals surface area contributed by atoms with Crippen LogP contribution in [0.25, 0.3) is 16.8 Å². The van der Waals surface area contributed by atoms with Gasteiger partial charge in [0.05, 0.1) is 10.6 Å². The van der Waals surface area contributed by atoms with E-state index in [4.69, 9.17) is 10.9 Å². The van der Waals surface area contributed by atoms with Crippen LogP contribution in [0, 0.1) is 0 Å². The topological polar surface area (TPSA) is 133 Å². The van der Waals surface area contributed by atoms with E-state index in [2.05, 4.69) is 10.3 Å². The summed E-state index contributed by atoms with van der Waals surface area (Å²) in [5.41, 5.74) is 11.1. The normalized spacial score (nSPS) is 16.1. The van der Waals surface area contributed by atoms with Crippen molar-refractivity contribution in [3.05, 3.63) is 102 Å². The fourth-order valence-corrected chi connectivity index (χ4v) is 5.26. The molecule has 9 heteroatoms. The van der Waals surface area contributed by atoms with Crippen LogP contribution in [0.4, 0.5) is 0 Å². The van der Waals surface area contributed by atoms with E-state index in [1.165, 1.54) is 6.07 Å². The van der Waals surface area contributed by atoms with Gasteiger partial charge in [-0.3, -0.25) is 9.36 Å². The van der Waals surface area contributed by atoms with E-state index in [0.717, 1.165) is 22.4 Å². The quantitative estimate of drug-likeness (QED) is 0.396. The maximum atomic E-state index is 13.3. The molecule has 0 amide bonds. The van der Waals surface area contributed by atoms with Crippen molar-refractivity contribution < 1.29 is 13.2 Å². The average Bonchev–Trinajstić information content (AvgIpc) is 3.23. The summed E-state index contributed by atoms with van der Waals surface area (Å²) in [6.45, 7) is 0.866. The molecule has 0 spiro atoms. The molecule has 35 heavy (non-hydrogen) atoms. The number of rotatable bonds is 5. The predicted molar refractivity (Wildman–Crippen MR) is 133 cm³/mol. The number of fused-ring (bicyclic) bond motifs is 1. The highest BCUT2D eigenvalue weighted by Crippen LogP contribution is 2.30. The van der Waals surface area contributed by atoms with E-state index in [1.807, 2.05) is 53.1 Å². The number of sulfonamides is 1. The summed E-state index contributed by atoms with van der Waals surface area (Å²) in [7, 11) is -3.85. The van der Waals surface area contributed by atoms with Gasteiger partial charge in [0.2, 0.25) is 10.0 Å². The first-order valence-electron chi connectivity index (χ1n) is 11.2. The minimum Gasteiger partial charge on any atom is -0.326 e. The molecule has 0 bridgehead atoms. The molecule has 5 rings (SSSR count). The molecule has 4 aromatic rings. The molecular weight excluding hydrogens is 462 g/mol. The third-order valence-electron chi connectivity index (χ3n) is 6.25. The molecular formula is C26H25N5O3S. The number of hydrogen-bond donors (Lipinski definition) is 3. The zero-order chi connectivity index (χ0) is 24.6. The molecule has 1 aliphatic rings. The Hall–Kier alpha value is -3.63. The second-order valence-electron chi connectivity index (χ2n) is 8.51. The fraction of sp³-hybridized carbons (Fsp3) is 0.154. The molecule has 178 valence electrons. The number of benzene rings is 3. The highest BCUT2D eigenvalue weighted by atomic mass is 32.2. The van der Waals surface area contributed by atoms with E-state index in [1.54, 1.807) is 24.5 Å². The van der Waals surface area contributed by atoms with Crippen molar-refractivity contribution >= 4 is 15.8 Å². The Bertz CT molecular complexity index is 1510. The molecule has 1 unspecified atom stereocenters. The maximum absolute atomic E-state index is 13.3. The van der Waals surface area contributed by atoms with Gasteiger partial charge >= 0.3 is 0 Å². The number of carbonyl (C=O) groups is 1. The maximum Gasteiger partial charge on any atom is 0.238 e. The van der Waals surface area contributed by atoms with E-state index < -0.39 is 10.0 Å². The highest BCUT2D eigenvalue weighted by molar-refractivity contribution is 7.89. The van der Waals surface area contributed by atoms with Gasteiger partial charge < -0.3 is 11.1 Å². The lowest BCUT2D eigenvalue weighted by molar-refractivity contribution is 0.0966. The van der Waals surface area contributed by atoms with Crippen LogP contribution in [-0.4, -0.2) is 23.8 Å². The molecule has 8 nitrogen and oxygen atoms in total. The van der Waals surface area contributed by atoms with Gasteiger partial charge in [-0.25, -0.2) is 18.5 Å². The molecule has 0 fully saturated rings. The lowest BCUT2D eigenvalue weighted by Crippen LogP contribution is -2.20. The van der Waals surface area contributed by atoms with Crippen LogP contribution in [0.5, 0.6) is 0 Å². The zero-order valence-electron chi connectivity index (χ0n) is 18.9. The van der Waals surface area contributed by atoms with Gasteiger partial charge in [0.25, 0.3) is 0 Å². The smallest absolute Gasteiger partial charge is 0.238 e. The lowest BCUT2D eigenvalue weighted by atomic mass is 9.97. The van der Waals surface area contributed by atoms with Crippen molar-refractivity contribution in [1.82, 2.24) is 14.9 Å². The summed E-state index contributed by atoms with van der Waals surface area (Å²) in [6, 6.07) is 21.7. The van der Waals surface area contributed by atoms with Crippen molar-refractivity contribution in [3.8, 4) is 16.8 Å². The molecule has 0 radical (unpaired) electrons. The van der Waals surface area contributed by atoms with Gasteiger partial charge in [-0.2, -0.15) is 0 Å². The number of nitrogens with two attached hydrogens (primary N) is 2. The van der Waals surface area contributed by atoms with E-state index in [0.29, 0.717) is 30.0 Å². The number of nitrogens with zero attached hydrogens (tertiary/aromatic N) is 2. The Labute approximate surface area is 203 Å². The van der Waals surface area contributed by atoms with Crippen LogP contribution in [0.15, 0.2) is 84.0 Å². The number of primary sulfonamides is 1. The molecule has 5 N–H and O–H groups in total. The second kappa shape index (κ2) is 9.20. The van der Waals surface area contributed by atoms with Gasteiger partial charge in [-0.05, 0) is 34.9 Å². The third kappa shape index (κ3) is 4.54. The first kappa shape index (κ1) is 23.1. The number of nitrogens with one attached hydrogen (secondary N) is 1. The first-order chi connectivity index (χ1) is 16.8. The van der Waals surface area contributed by atoms with Crippen molar-refractivity contribution in [3.63, 3.8) is 0 Å². The summed E-state index contributed by atoms with van der Waals surface area (Å²) >= 11 is 0. The Kier molecular flexibility index (Phi) is 6.08. The molecule has 0 aliphatic carbocycles. The predicted octanol–water partition coefficient (Wildman–Crippen LogP) is 3.06. The van der Waals surface area contributed by atoms with Crippen molar-refractivity contribution in [2.75, 3.05) is 0 Å².